The molecule has 200 valence electrons. The number of esters is 1. The number of ether oxygens (including phenoxy) is 1. The lowest BCUT2D eigenvalue weighted by Crippen LogP contribution is -2.38. The van der Waals surface area contributed by atoms with Gasteiger partial charge in [-0.05, 0) is 46.1 Å². The lowest BCUT2D eigenvalue weighted by molar-refractivity contribution is -0.189. The number of likely N-dealkylation sites (N-methyl/N-ethyl adjacent to an activating group) is 1. The van der Waals surface area contributed by atoms with E-state index in [0.29, 0.717) is 0 Å². The smallest absolute Gasteiger partial charge is 0.422 e. The summed E-state index contributed by atoms with van der Waals surface area (Å²) in [6.45, 7) is 4.25. The van der Waals surface area contributed by atoms with Crippen LogP contribution in [-0.4, -0.2) is 42.6 Å². The van der Waals surface area contributed by atoms with Crippen molar-refractivity contribution in [2.45, 2.75) is 33.1 Å². The number of alkyl halides is 3. The van der Waals surface area contributed by atoms with Crippen molar-refractivity contribution in [1.29, 1.82) is 0 Å². The van der Waals surface area contributed by atoms with Gasteiger partial charge in [0.05, 0.1) is 0 Å². The van der Waals surface area contributed by atoms with Crippen LogP contribution in [0.5, 0.6) is 0 Å². The van der Waals surface area contributed by atoms with E-state index in [-0.39, 0.29) is 13.1 Å². The SMILES string of the molecule is CCN(Cc1cccc2ccccc12)C(=O)C(=O)OCC(F)(F)F.CCNCc1cccc2ccccc12. The molecule has 5 nitrogen and oxygen atoms in total. The fraction of sp³-hybridized carbons (Fsp3) is 0.267. The standard InChI is InChI=1S/C17H16F3NO3.C13H15N/c1-2-21(15(22)16(23)24-11-17(18,19)20)10-13-8-5-7-12-6-3-4-9-14(12)13;1-2-14-10-12-8-5-7-11-6-3-4-9-13(11)12/h3-9H,2,10-11H2,1H3;3-9,14H,2,10H2,1H3. The highest BCUT2D eigenvalue weighted by molar-refractivity contribution is 6.32. The molecule has 0 unspecified atom stereocenters. The number of carbonyl (C=O) groups is 2. The van der Waals surface area contributed by atoms with Gasteiger partial charge in [-0.1, -0.05) is 91.9 Å². The Morgan fingerprint density at radius 2 is 1.32 bits per heavy atom. The zero-order valence-electron chi connectivity index (χ0n) is 21.4. The summed E-state index contributed by atoms with van der Waals surface area (Å²) in [6.07, 6.45) is -4.66. The third-order valence-electron chi connectivity index (χ3n) is 5.90. The minimum Gasteiger partial charge on any atom is -0.449 e. The second-order valence-corrected chi connectivity index (χ2v) is 8.57. The number of hydrogen-bond donors (Lipinski definition) is 1. The van der Waals surface area contributed by atoms with Crippen LogP contribution in [0.2, 0.25) is 0 Å². The van der Waals surface area contributed by atoms with E-state index in [1.165, 1.54) is 16.3 Å². The molecule has 0 aliphatic rings. The van der Waals surface area contributed by atoms with Crippen molar-refractivity contribution in [1.82, 2.24) is 10.2 Å². The van der Waals surface area contributed by atoms with Crippen molar-refractivity contribution in [2.24, 2.45) is 0 Å². The van der Waals surface area contributed by atoms with Crippen LogP contribution < -0.4 is 5.32 Å². The largest absolute Gasteiger partial charge is 0.449 e. The molecular weight excluding hydrogens is 493 g/mol. The van der Waals surface area contributed by atoms with E-state index in [1.807, 2.05) is 36.4 Å². The molecule has 0 bridgehead atoms. The summed E-state index contributed by atoms with van der Waals surface area (Å²) in [4.78, 5) is 24.7. The molecule has 38 heavy (non-hydrogen) atoms. The first-order valence-electron chi connectivity index (χ1n) is 12.4. The molecule has 0 radical (unpaired) electrons. The van der Waals surface area contributed by atoms with Gasteiger partial charge in [-0.3, -0.25) is 4.79 Å². The van der Waals surface area contributed by atoms with Crippen LogP contribution in [0, 0.1) is 0 Å². The summed E-state index contributed by atoms with van der Waals surface area (Å²) in [5.74, 6) is -2.59. The fourth-order valence-corrected chi connectivity index (χ4v) is 4.01. The molecule has 1 N–H and O–H groups in total. The van der Waals surface area contributed by atoms with E-state index in [0.717, 1.165) is 34.3 Å². The summed E-state index contributed by atoms with van der Waals surface area (Å²) >= 11 is 0. The average molecular weight is 525 g/mol. The highest BCUT2D eigenvalue weighted by atomic mass is 19.4. The number of fused-ring (bicyclic) bond motifs is 2. The van der Waals surface area contributed by atoms with E-state index in [2.05, 4.69) is 59.4 Å². The Morgan fingerprint density at radius 1 is 0.789 bits per heavy atom. The van der Waals surface area contributed by atoms with Crippen molar-refractivity contribution in [3.05, 3.63) is 96.1 Å². The quantitative estimate of drug-likeness (QED) is 0.230. The molecule has 0 saturated heterocycles. The Balaban J connectivity index is 0.000000241. The molecule has 0 aromatic heterocycles. The Hall–Kier alpha value is -3.91. The van der Waals surface area contributed by atoms with Gasteiger partial charge >= 0.3 is 18.1 Å². The molecule has 0 heterocycles. The van der Waals surface area contributed by atoms with Crippen molar-refractivity contribution in [3.8, 4) is 0 Å². The summed E-state index contributed by atoms with van der Waals surface area (Å²) in [6, 6.07) is 28.0. The van der Waals surface area contributed by atoms with Gasteiger partial charge in [0.15, 0.2) is 6.61 Å². The maximum atomic E-state index is 12.1. The van der Waals surface area contributed by atoms with Crippen LogP contribution in [0.25, 0.3) is 21.5 Å². The number of hydrogen-bond acceptors (Lipinski definition) is 4. The molecule has 1 amide bonds. The van der Waals surface area contributed by atoms with Gasteiger partial charge in [0.2, 0.25) is 0 Å². The zero-order chi connectivity index (χ0) is 27.5. The first-order chi connectivity index (χ1) is 18.2. The minimum absolute atomic E-state index is 0.109. The number of amides is 1. The van der Waals surface area contributed by atoms with Crippen LogP contribution in [0.15, 0.2) is 84.9 Å². The predicted octanol–water partition coefficient (Wildman–Crippen LogP) is 6.24. The first kappa shape index (κ1) is 28.7. The number of rotatable bonds is 7. The van der Waals surface area contributed by atoms with Crippen LogP contribution in [0.1, 0.15) is 25.0 Å². The monoisotopic (exact) mass is 524 g/mol. The predicted molar refractivity (Wildman–Crippen MR) is 143 cm³/mol. The third kappa shape index (κ3) is 8.05. The third-order valence-corrected chi connectivity index (χ3v) is 5.90. The summed E-state index contributed by atoms with van der Waals surface area (Å²) in [7, 11) is 0. The molecule has 0 spiro atoms. The molecule has 0 fully saturated rings. The Kier molecular flexibility index (Phi) is 10.2. The van der Waals surface area contributed by atoms with Crippen LogP contribution in [0.3, 0.4) is 0 Å². The molecule has 0 aliphatic carbocycles. The molecule has 4 aromatic rings. The van der Waals surface area contributed by atoms with Gasteiger partial charge < -0.3 is 15.0 Å². The van der Waals surface area contributed by atoms with Crippen LogP contribution in [-0.2, 0) is 27.4 Å². The number of benzene rings is 4. The number of nitrogens with zero attached hydrogens (tertiary/aromatic N) is 1. The summed E-state index contributed by atoms with van der Waals surface area (Å²) < 4.78 is 40.3. The number of carbonyl (C=O) groups excluding carboxylic acids is 2. The van der Waals surface area contributed by atoms with Gasteiger partial charge in [0.25, 0.3) is 0 Å². The van der Waals surface area contributed by atoms with E-state index in [1.54, 1.807) is 13.0 Å². The van der Waals surface area contributed by atoms with Gasteiger partial charge in [0.1, 0.15) is 0 Å². The van der Waals surface area contributed by atoms with Gasteiger partial charge in [-0.15, -0.1) is 0 Å². The van der Waals surface area contributed by atoms with E-state index >= 15 is 0 Å². The van der Waals surface area contributed by atoms with Crippen molar-refractivity contribution < 1.29 is 27.5 Å². The summed E-state index contributed by atoms with van der Waals surface area (Å²) in [5.41, 5.74) is 2.18. The van der Waals surface area contributed by atoms with E-state index in [4.69, 9.17) is 0 Å². The van der Waals surface area contributed by atoms with Gasteiger partial charge in [0, 0.05) is 19.6 Å². The van der Waals surface area contributed by atoms with Gasteiger partial charge in [-0.25, -0.2) is 4.79 Å². The number of halogens is 3. The number of nitrogens with one attached hydrogen (secondary N) is 1. The topological polar surface area (TPSA) is 58.6 Å². The lowest BCUT2D eigenvalue weighted by Gasteiger charge is -2.21. The Morgan fingerprint density at radius 3 is 1.87 bits per heavy atom. The van der Waals surface area contributed by atoms with Crippen LogP contribution in [0.4, 0.5) is 13.2 Å². The molecule has 0 atom stereocenters. The van der Waals surface area contributed by atoms with Gasteiger partial charge in [-0.2, -0.15) is 13.2 Å². The first-order valence-corrected chi connectivity index (χ1v) is 12.4. The summed E-state index contributed by atoms with van der Waals surface area (Å²) in [5, 5.41) is 7.92. The van der Waals surface area contributed by atoms with Crippen molar-refractivity contribution >= 4 is 33.4 Å². The Bertz CT molecular complexity index is 1360. The maximum absolute atomic E-state index is 12.1. The highest BCUT2D eigenvalue weighted by Gasteiger charge is 2.32. The normalized spacial score (nSPS) is 11.1. The van der Waals surface area contributed by atoms with Crippen molar-refractivity contribution in [3.63, 3.8) is 0 Å². The van der Waals surface area contributed by atoms with E-state index < -0.39 is 24.7 Å². The molecular formula is C30H31F3N2O3. The molecule has 0 saturated carbocycles. The Labute approximate surface area is 220 Å². The molecule has 8 heteroatoms. The van der Waals surface area contributed by atoms with Crippen molar-refractivity contribution in [2.75, 3.05) is 19.7 Å². The van der Waals surface area contributed by atoms with Crippen LogP contribution >= 0.6 is 0 Å². The maximum Gasteiger partial charge on any atom is 0.422 e. The highest BCUT2D eigenvalue weighted by Crippen LogP contribution is 2.21. The fourth-order valence-electron chi connectivity index (χ4n) is 4.01. The molecule has 0 aliphatic heterocycles. The zero-order valence-corrected chi connectivity index (χ0v) is 21.4. The second-order valence-electron chi connectivity index (χ2n) is 8.57. The van der Waals surface area contributed by atoms with E-state index in [9.17, 15) is 22.8 Å². The molecule has 4 rings (SSSR count). The minimum atomic E-state index is -4.66. The second kappa shape index (κ2) is 13.6. The lowest BCUT2D eigenvalue weighted by atomic mass is 10.0. The molecule has 4 aromatic carbocycles. The average Bonchev–Trinajstić information content (AvgIpc) is 2.93.